The number of carbonyl (C=O) groups excluding carboxylic acids is 2. The number of nitrogens with zero attached hydrogens (tertiary/aromatic N) is 1. The molecule has 1 heterocycles. The first-order valence-electron chi connectivity index (χ1n) is 11.0. The summed E-state index contributed by atoms with van der Waals surface area (Å²) < 4.78 is 11.0. The highest BCUT2D eigenvalue weighted by Crippen LogP contribution is 2.58. The van der Waals surface area contributed by atoms with Crippen molar-refractivity contribution in [2.24, 2.45) is 17.8 Å². The lowest BCUT2D eigenvalue weighted by Gasteiger charge is -2.60. The molecule has 1 amide bonds. The molecule has 1 aromatic carbocycles. The number of ether oxygens (including phenoxy) is 1. The van der Waals surface area contributed by atoms with Gasteiger partial charge in [0, 0.05) is 5.54 Å². The number of halogens is 1. The second kappa shape index (κ2) is 7.90. The molecular formula is C24H27ClN2O4. The molecule has 4 saturated carbocycles. The van der Waals surface area contributed by atoms with Crippen LogP contribution in [-0.2, 0) is 16.1 Å². The molecule has 6 rings (SSSR count). The number of amides is 1. The minimum atomic E-state index is -0.583. The lowest BCUT2D eigenvalue weighted by Crippen LogP contribution is -2.61. The van der Waals surface area contributed by atoms with Crippen LogP contribution < -0.4 is 5.73 Å². The Hall–Kier alpha value is -2.47. The number of esters is 1. The van der Waals surface area contributed by atoms with Crippen LogP contribution >= 0.6 is 11.6 Å². The summed E-state index contributed by atoms with van der Waals surface area (Å²) in [6, 6.07) is 8.29. The van der Waals surface area contributed by atoms with Crippen molar-refractivity contribution < 1.29 is 18.7 Å². The van der Waals surface area contributed by atoms with E-state index in [1.54, 1.807) is 18.4 Å². The Morgan fingerprint density at radius 1 is 1.13 bits per heavy atom. The molecule has 2 aromatic rings. The zero-order valence-electron chi connectivity index (χ0n) is 17.4. The average Bonchev–Trinajstić information content (AvgIpc) is 3.24. The van der Waals surface area contributed by atoms with Crippen LogP contribution in [0, 0.1) is 17.8 Å². The lowest BCUT2D eigenvalue weighted by atomic mass is 9.52. The Morgan fingerprint density at radius 2 is 1.81 bits per heavy atom. The van der Waals surface area contributed by atoms with Gasteiger partial charge in [0.25, 0.3) is 5.91 Å². The number of anilines is 1. The second-order valence-corrected chi connectivity index (χ2v) is 9.92. The molecule has 164 valence electrons. The summed E-state index contributed by atoms with van der Waals surface area (Å²) in [5, 5.41) is 0.374. The molecule has 0 spiro atoms. The van der Waals surface area contributed by atoms with Crippen molar-refractivity contribution in [1.29, 1.82) is 0 Å². The SMILES string of the molecule is Nc1cc(C(=O)OCC(=O)N(Cc2ccco2)C23CC4CC(CC(C4)C2)C3)ccc1Cl. The van der Waals surface area contributed by atoms with Gasteiger partial charge in [0.05, 0.1) is 29.1 Å². The number of nitrogens with two attached hydrogens (primary N) is 1. The number of nitrogen functional groups attached to an aromatic ring is 1. The maximum absolute atomic E-state index is 13.4. The molecule has 0 atom stereocenters. The first-order valence-corrected chi connectivity index (χ1v) is 11.3. The van der Waals surface area contributed by atoms with Gasteiger partial charge in [-0.05, 0) is 86.6 Å². The van der Waals surface area contributed by atoms with Gasteiger partial charge in [-0.25, -0.2) is 4.79 Å². The normalized spacial score (nSPS) is 28.5. The van der Waals surface area contributed by atoms with Gasteiger partial charge in [0.15, 0.2) is 6.61 Å². The van der Waals surface area contributed by atoms with E-state index in [2.05, 4.69) is 0 Å². The third-order valence-electron chi connectivity index (χ3n) is 7.33. The largest absolute Gasteiger partial charge is 0.467 e. The Balaban J connectivity index is 1.33. The first-order chi connectivity index (χ1) is 14.9. The van der Waals surface area contributed by atoms with Crippen molar-refractivity contribution >= 4 is 29.2 Å². The van der Waals surface area contributed by atoms with E-state index in [1.165, 1.54) is 25.3 Å². The van der Waals surface area contributed by atoms with Crippen LogP contribution in [0.25, 0.3) is 0 Å². The van der Waals surface area contributed by atoms with Crippen molar-refractivity contribution in [2.45, 2.75) is 50.6 Å². The van der Waals surface area contributed by atoms with Crippen LogP contribution in [0.5, 0.6) is 0 Å². The van der Waals surface area contributed by atoms with Crippen molar-refractivity contribution in [3.63, 3.8) is 0 Å². The minimum absolute atomic E-state index is 0.157. The van der Waals surface area contributed by atoms with Crippen LogP contribution in [0.4, 0.5) is 5.69 Å². The van der Waals surface area contributed by atoms with E-state index in [0.717, 1.165) is 25.0 Å². The van der Waals surface area contributed by atoms with Crippen LogP contribution in [0.15, 0.2) is 41.0 Å². The van der Waals surface area contributed by atoms with Gasteiger partial charge >= 0.3 is 5.97 Å². The zero-order chi connectivity index (χ0) is 21.6. The lowest BCUT2D eigenvalue weighted by molar-refractivity contribution is -0.156. The van der Waals surface area contributed by atoms with Crippen molar-refractivity contribution in [2.75, 3.05) is 12.3 Å². The molecule has 1 aromatic heterocycles. The number of furan rings is 1. The molecule has 7 heteroatoms. The van der Waals surface area contributed by atoms with Gasteiger partial charge in [-0.15, -0.1) is 0 Å². The maximum Gasteiger partial charge on any atom is 0.338 e. The number of hydrogen-bond acceptors (Lipinski definition) is 5. The summed E-state index contributed by atoms with van der Waals surface area (Å²) in [7, 11) is 0. The van der Waals surface area contributed by atoms with E-state index in [4.69, 9.17) is 26.5 Å². The Bertz CT molecular complexity index is 952. The van der Waals surface area contributed by atoms with Gasteiger partial charge in [0.2, 0.25) is 0 Å². The highest BCUT2D eigenvalue weighted by molar-refractivity contribution is 6.33. The van der Waals surface area contributed by atoms with Crippen molar-refractivity contribution in [3.8, 4) is 0 Å². The van der Waals surface area contributed by atoms with Gasteiger partial charge in [-0.1, -0.05) is 11.6 Å². The van der Waals surface area contributed by atoms with Crippen LogP contribution in [0.3, 0.4) is 0 Å². The standard InChI is InChI=1S/C24H27ClN2O4/c25-20-4-3-18(9-21(20)26)23(29)31-14-22(28)27(13-19-2-1-5-30-19)24-10-15-6-16(11-24)8-17(7-15)12-24/h1-5,9,15-17H,6-8,10-14,26H2. The number of benzene rings is 1. The van der Waals surface area contributed by atoms with Gasteiger partial charge in [0.1, 0.15) is 5.76 Å². The quantitative estimate of drug-likeness (QED) is 0.519. The predicted molar refractivity (Wildman–Crippen MR) is 116 cm³/mol. The Morgan fingerprint density at radius 3 is 2.39 bits per heavy atom. The van der Waals surface area contributed by atoms with Crippen molar-refractivity contribution in [1.82, 2.24) is 4.90 Å². The van der Waals surface area contributed by atoms with Crippen LogP contribution in [0.2, 0.25) is 5.02 Å². The van der Waals surface area contributed by atoms with Crippen LogP contribution in [0.1, 0.15) is 54.6 Å². The molecule has 0 saturated heterocycles. The van der Waals surface area contributed by atoms with E-state index in [0.29, 0.717) is 35.0 Å². The van der Waals surface area contributed by atoms with E-state index in [-0.39, 0.29) is 23.6 Å². The fraction of sp³-hybridized carbons (Fsp3) is 0.500. The Kier molecular flexibility index (Phi) is 5.21. The van der Waals surface area contributed by atoms with E-state index in [9.17, 15) is 9.59 Å². The van der Waals surface area contributed by atoms with Gasteiger partial charge < -0.3 is 19.8 Å². The highest BCUT2D eigenvalue weighted by Gasteiger charge is 2.54. The number of hydrogen-bond donors (Lipinski definition) is 1. The molecule has 6 nitrogen and oxygen atoms in total. The topological polar surface area (TPSA) is 85.8 Å². The van der Waals surface area contributed by atoms with Crippen molar-refractivity contribution in [3.05, 3.63) is 52.9 Å². The molecule has 4 bridgehead atoms. The third kappa shape index (κ3) is 3.93. The number of rotatable bonds is 6. The fourth-order valence-corrected chi connectivity index (χ4v) is 6.55. The van der Waals surface area contributed by atoms with Gasteiger partial charge in [-0.2, -0.15) is 0 Å². The summed E-state index contributed by atoms with van der Waals surface area (Å²) in [6.07, 6.45) is 8.59. The van der Waals surface area contributed by atoms with Gasteiger partial charge in [-0.3, -0.25) is 4.79 Å². The molecular weight excluding hydrogens is 416 g/mol. The molecule has 0 radical (unpaired) electrons. The summed E-state index contributed by atoms with van der Waals surface area (Å²) in [5.41, 5.74) is 6.21. The number of carbonyl (C=O) groups is 2. The van der Waals surface area contributed by atoms with E-state index < -0.39 is 5.97 Å². The first kappa shape index (κ1) is 20.4. The Labute approximate surface area is 186 Å². The monoisotopic (exact) mass is 442 g/mol. The maximum atomic E-state index is 13.4. The molecule has 0 aliphatic heterocycles. The second-order valence-electron chi connectivity index (χ2n) is 9.51. The highest BCUT2D eigenvalue weighted by atomic mass is 35.5. The predicted octanol–water partition coefficient (Wildman–Crippen LogP) is 4.67. The van der Waals surface area contributed by atoms with E-state index in [1.807, 2.05) is 17.0 Å². The van der Waals surface area contributed by atoms with Crippen LogP contribution in [-0.4, -0.2) is 28.9 Å². The zero-order valence-corrected chi connectivity index (χ0v) is 18.1. The summed E-state index contributed by atoms with van der Waals surface area (Å²) in [5.74, 6) is 2.07. The molecule has 31 heavy (non-hydrogen) atoms. The molecule has 4 aliphatic rings. The molecule has 4 fully saturated rings. The van der Waals surface area contributed by atoms with E-state index >= 15 is 0 Å². The smallest absolute Gasteiger partial charge is 0.338 e. The summed E-state index contributed by atoms with van der Waals surface area (Å²) in [4.78, 5) is 27.8. The molecule has 0 unspecified atom stereocenters. The fourth-order valence-electron chi connectivity index (χ4n) is 6.43. The minimum Gasteiger partial charge on any atom is -0.467 e. The summed E-state index contributed by atoms with van der Waals surface area (Å²) in [6.45, 7) is 0.104. The third-order valence-corrected chi connectivity index (χ3v) is 7.68. The average molecular weight is 443 g/mol. The summed E-state index contributed by atoms with van der Waals surface area (Å²) >= 11 is 5.93. The molecule has 4 aliphatic carbocycles. The molecule has 2 N–H and O–H groups in total.